The lowest BCUT2D eigenvalue weighted by Gasteiger charge is -2.44. The lowest BCUT2D eigenvalue weighted by molar-refractivity contribution is 0.0775. The van der Waals surface area contributed by atoms with Crippen LogP contribution in [0.25, 0.3) is 11.8 Å². The molecule has 1 atom stereocenters. The zero-order valence-electron chi connectivity index (χ0n) is 20.4. The van der Waals surface area contributed by atoms with Gasteiger partial charge in [-0.25, -0.2) is 22.5 Å². The Morgan fingerprint density at radius 2 is 2.00 bits per heavy atom. The van der Waals surface area contributed by atoms with Gasteiger partial charge in [-0.15, -0.1) is 11.3 Å². The van der Waals surface area contributed by atoms with Crippen LogP contribution in [0, 0.1) is 11.2 Å². The molecular formula is C27H23FN4O4S2. The average Bonchev–Trinajstić information content (AvgIpc) is 3.62. The number of hydrogen-bond acceptors (Lipinski definition) is 7. The molecule has 2 aliphatic rings. The van der Waals surface area contributed by atoms with Gasteiger partial charge in [0.2, 0.25) is 15.8 Å². The van der Waals surface area contributed by atoms with E-state index in [4.69, 9.17) is 4.74 Å². The van der Waals surface area contributed by atoms with Crippen LogP contribution in [0.4, 0.5) is 4.39 Å². The van der Waals surface area contributed by atoms with E-state index in [1.165, 1.54) is 47.0 Å². The third kappa shape index (κ3) is 3.98. The number of ketones is 1. The van der Waals surface area contributed by atoms with Crippen LogP contribution in [0.15, 0.2) is 76.8 Å². The van der Waals surface area contributed by atoms with Gasteiger partial charge < -0.3 is 4.74 Å². The van der Waals surface area contributed by atoms with Gasteiger partial charge in [0.25, 0.3) is 0 Å². The first-order valence-corrected chi connectivity index (χ1v) is 14.3. The van der Waals surface area contributed by atoms with Crippen molar-refractivity contribution in [3.05, 3.63) is 94.0 Å². The molecule has 0 unspecified atom stereocenters. The largest absolute Gasteiger partial charge is 0.497 e. The van der Waals surface area contributed by atoms with E-state index in [1.54, 1.807) is 46.7 Å². The molecule has 4 aromatic rings. The van der Waals surface area contributed by atoms with Gasteiger partial charge in [0.1, 0.15) is 11.6 Å². The summed E-state index contributed by atoms with van der Waals surface area (Å²) >= 11 is 1.24. The summed E-state index contributed by atoms with van der Waals surface area (Å²) in [6.07, 6.45) is 5.85. The number of ether oxygens (including phenoxy) is 1. The first-order valence-electron chi connectivity index (χ1n) is 11.9. The number of nitrogens with zero attached hydrogens (tertiary/aromatic N) is 4. The molecule has 1 aliphatic heterocycles. The monoisotopic (exact) mass is 550 g/mol. The van der Waals surface area contributed by atoms with Gasteiger partial charge in [0.15, 0.2) is 5.01 Å². The molecule has 0 spiro atoms. The maximum absolute atomic E-state index is 14.0. The average molecular weight is 551 g/mol. The van der Waals surface area contributed by atoms with E-state index in [-0.39, 0.29) is 36.0 Å². The molecule has 0 bridgehead atoms. The van der Waals surface area contributed by atoms with E-state index >= 15 is 0 Å². The van der Waals surface area contributed by atoms with Gasteiger partial charge in [0.05, 0.1) is 35.0 Å². The maximum atomic E-state index is 14.0. The highest BCUT2D eigenvalue weighted by atomic mass is 32.2. The second kappa shape index (κ2) is 9.26. The topological polar surface area (TPSA) is 94.4 Å². The molecule has 1 saturated heterocycles. The quantitative estimate of drug-likeness (QED) is 0.331. The minimum atomic E-state index is -3.90. The Balaban J connectivity index is 1.43. The van der Waals surface area contributed by atoms with Crippen molar-refractivity contribution in [2.24, 2.45) is 5.41 Å². The number of Topliss-reactive ketones (excluding diaryl/α,β-unsaturated/α-hetero) is 1. The smallest absolute Gasteiger partial charge is 0.243 e. The number of sulfonamides is 1. The Kier molecular flexibility index (Phi) is 6.01. The van der Waals surface area contributed by atoms with Crippen molar-refractivity contribution in [1.29, 1.82) is 0 Å². The number of piperidine rings is 1. The highest BCUT2D eigenvalue weighted by molar-refractivity contribution is 7.89. The molecule has 38 heavy (non-hydrogen) atoms. The molecule has 6 rings (SSSR count). The first-order chi connectivity index (χ1) is 18.3. The molecule has 1 aliphatic carbocycles. The number of carbonyl (C=O) groups is 1. The highest BCUT2D eigenvalue weighted by Crippen LogP contribution is 2.47. The van der Waals surface area contributed by atoms with Crippen molar-refractivity contribution in [3.8, 4) is 11.4 Å². The predicted octanol–water partition coefficient (Wildman–Crippen LogP) is 4.38. The van der Waals surface area contributed by atoms with Crippen LogP contribution in [-0.2, 0) is 16.4 Å². The van der Waals surface area contributed by atoms with Crippen molar-refractivity contribution >= 4 is 33.2 Å². The Labute approximate surface area is 223 Å². The molecule has 8 nitrogen and oxygen atoms in total. The number of methoxy groups -OCH3 is 1. The summed E-state index contributed by atoms with van der Waals surface area (Å²) in [4.78, 5) is 18.4. The zero-order valence-corrected chi connectivity index (χ0v) is 22.0. The highest BCUT2D eigenvalue weighted by Gasteiger charge is 2.51. The summed E-state index contributed by atoms with van der Waals surface area (Å²) in [7, 11) is -2.42. The van der Waals surface area contributed by atoms with Crippen LogP contribution in [0.5, 0.6) is 5.75 Å². The van der Waals surface area contributed by atoms with Crippen LogP contribution in [0.3, 0.4) is 0 Å². The Hall–Kier alpha value is -3.67. The molecule has 2 aromatic carbocycles. The molecule has 194 valence electrons. The fourth-order valence-electron chi connectivity index (χ4n) is 5.26. The minimum absolute atomic E-state index is 0.0159. The van der Waals surface area contributed by atoms with Gasteiger partial charge in [-0.05, 0) is 60.9 Å². The lowest BCUT2D eigenvalue weighted by atomic mass is 9.66. The fraction of sp³-hybridized carbons (Fsp3) is 0.222. The number of thiazole rings is 1. The van der Waals surface area contributed by atoms with E-state index in [0.29, 0.717) is 22.9 Å². The molecule has 3 heterocycles. The van der Waals surface area contributed by atoms with Crippen LogP contribution in [0.2, 0.25) is 0 Å². The standard InChI is InChI=1S/C27H23FN4O4S2/c1-36-22-3-2-4-23(14-22)38(34,35)31-11-9-19-13-24-18(16-30-32(24)21-7-5-20(28)6-8-21)15-27(19,17-31)25(33)26-29-10-12-37-26/h2-8,10,12-14,16H,9,11,15,17H2,1H3/t27-/m0/s1. The third-order valence-electron chi connectivity index (χ3n) is 7.19. The van der Waals surface area contributed by atoms with Crippen molar-refractivity contribution in [2.45, 2.75) is 17.7 Å². The van der Waals surface area contributed by atoms with Gasteiger partial charge in [0, 0.05) is 30.7 Å². The van der Waals surface area contributed by atoms with Crippen molar-refractivity contribution in [2.75, 3.05) is 20.2 Å². The molecule has 0 radical (unpaired) electrons. The molecule has 2 aromatic heterocycles. The number of rotatable bonds is 6. The van der Waals surface area contributed by atoms with Crippen molar-refractivity contribution < 1.29 is 22.3 Å². The molecule has 11 heteroatoms. The molecule has 0 N–H and O–H groups in total. The maximum Gasteiger partial charge on any atom is 0.243 e. The summed E-state index contributed by atoms with van der Waals surface area (Å²) in [5, 5.41) is 6.60. The van der Waals surface area contributed by atoms with E-state index < -0.39 is 15.4 Å². The molecular weight excluding hydrogens is 527 g/mol. The van der Waals surface area contributed by atoms with Crippen LogP contribution in [-0.4, -0.2) is 53.5 Å². The minimum Gasteiger partial charge on any atom is -0.497 e. The lowest BCUT2D eigenvalue weighted by Crippen LogP contribution is -2.53. The van der Waals surface area contributed by atoms with Gasteiger partial charge in [-0.2, -0.15) is 9.40 Å². The summed E-state index contributed by atoms with van der Waals surface area (Å²) in [5.74, 6) is -0.108. The second-order valence-corrected chi connectivity index (χ2v) is 12.1. The number of carbonyl (C=O) groups excluding carboxylic acids is 1. The Bertz CT molecular complexity index is 1660. The number of benzene rings is 2. The molecule has 0 amide bonds. The zero-order chi connectivity index (χ0) is 26.5. The summed E-state index contributed by atoms with van der Waals surface area (Å²) in [6, 6.07) is 12.4. The number of hydrogen-bond donors (Lipinski definition) is 0. The van der Waals surface area contributed by atoms with E-state index in [2.05, 4.69) is 10.1 Å². The summed E-state index contributed by atoms with van der Waals surface area (Å²) < 4.78 is 49.3. The SMILES string of the molecule is COc1cccc(S(=O)(=O)N2CCC3=Cc4c(cnn4-c4ccc(F)cc4)C[C@]3(C(=O)c3nccs3)C2)c1. The summed E-state index contributed by atoms with van der Waals surface area (Å²) in [5.41, 5.74) is 2.03. The third-order valence-corrected chi connectivity index (χ3v) is 9.81. The molecule has 1 fully saturated rings. The molecule has 0 saturated carbocycles. The second-order valence-electron chi connectivity index (χ2n) is 9.31. The van der Waals surface area contributed by atoms with Gasteiger partial charge in [-0.3, -0.25) is 4.79 Å². The Morgan fingerprint density at radius 1 is 1.18 bits per heavy atom. The van der Waals surface area contributed by atoms with Gasteiger partial charge >= 0.3 is 0 Å². The van der Waals surface area contributed by atoms with Gasteiger partial charge in [-0.1, -0.05) is 11.6 Å². The Morgan fingerprint density at radius 3 is 2.74 bits per heavy atom. The van der Waals surface area contributed by atoms with E-state index in [0.717, 1.165) is 16.8 Å². The fourth-order valence-corrected chi connectivity index (χ4v) is 7.47. The number of fused-ring (bicyclic) bond motifs is 2. The number of aromatic nitrogens is 3. The number of halogens is 1. The van der Waals surface area contributed by atoms with E-state index in [1.807, 2.05) is 6.08 Å². The van der Waals surface area contributed by atoms with Crippen LogP contribution in [0.1, 0.15) is 27.5 Å². The normalized spacial score (nSPS) is 19.4. The van der Waals surface area contributed by atoms with Crippen LogP contribution < -0.4 is 4.74 Å². The van der Waals surface area contributed by atoms with E-state index in [9.17, 15) is 17.6 Å². The summed E-state index contributed by atoms with van der Waals surface area (Å²) in [6.45, 7) is 0.205. The van der Waals surface area contributed by atoms with Crippen molar-refractivity contribution in [3.63, 3.8) is 0 Å². The van der Waals surface area contributed by atoms with Crippen molar-refractivity contribution in [1.82, 2.24) is 19.1 Å². The first kappa shape index (κ1) is 24.7. The van der Waals surface area contributed by atoms with Crippen LogP contribution >= 0.6 is 11.3 Å². The predicted molar refractivity (Wildman–Crippen MR) is 140 cm³/mol.